The monoisotopic (exact) mass is 302 g/mol. The normalized spacial score (nSPS) is 10.8. The van der Waals surface area contributed by atoms with Crippen LogP contribution >= 0.6 is 11.6 Å². The van der Waals surface area contributed by atoms with Crippen molar-refractivity contribution in [3.63, 3.8) is 0 Å². The van der Waals surface area contributed by atoms with Crippen molar-refractivity contribution in [3.05, 3.63) is 58.9 Å². The molecule has 0 bridgehead atoms. The van der Waals surface area contributed by atoms with Crippen molar-refractivity contribution in [1.82, 2.24) is 5.16 Å². The fraction of sp³-hybridized carbons (Fsp3) is 0.0625. The van der Waals surface area contributed by atoms with Crippen molar-refractivity contribution in [2.45, 2.75) is 6.92 Å². The fourth-order valence-electron chi connectivity index (χ4n) is 2.25. The van der Waals surface area contributed by atoms with Gasteiger partial charge in [0.2, 0.25) is 5.88 Å². The molecule has 0 spiro atoms. The Bertz CT molecular complexity index is 797. The number of hydrogen-bond donors (Lipinski definition) is 1. The minimum Gasteiger partial charge on any atom is -0.367 e. The van der Waals surface area contributed by atoms with Gasteiger partial charge in [0.15, 0.2) is 0 Å². The predicted molar refractivity (Wildman–Crippen MR) is 81.5 cm³/mol. The molecule has 0 radical (unpaired) electrons. The maximum atomic E-state index is 13.1. The molecule has 0 fully saturated rings. The molecule has 0 unspecified atom stereocenters. The number of benzene rings is 2. The summed E-state index contributed by atoms with van der Waals surface area (Å²) in [6.07, 6.45) is 0. The summed E-state index contributed by atoms with van der Waals surface area (Å²) in [5, 5.41) is 4.67. The summed E-state index contributed by atoms with van der Waals surface area (Å²) in [5.74, 6) is -0.120. The van der Waals surface area contributed by atoms with E-state index in [0.717, 1.165) is 16.7 Å². The summed E-state index contributed by atoms with van der Waals surface area (Å²) in [6, 6.07) is 11.6. The number of nitrogens with two attached hydrogens (primary N) is 1. The van der Waals surface area contributed by atoms with E-state index in [9.17, 15) is 4.39 Å². The van der Waals surface area contributed by atoms with Gasteiger partial charge in [0, 0.05) is 10.6 Å². The molecule has 21 heavy (non-hydrogen) atoms. The topological polar surface area (TPSA) is 52.0 Å². The van der Waals surface area contributed by atoms with Crippen molar-refractivity contribution < 1.29 is 8.91 Å². The lowest BCUT2D eigenvalue weighted by Gasteiger charge is -2.07. The first-order chi connectivity index (χ1) is 10.1. The van der Waals surface area contributed by atoms with Crippen molar-refractivity contribution in [3.8, 4) is 22.4 Å². The Morgan fingerprint density at radius 2 is 1.86 bits per heavy atom. The van der Waals surface area contributed by atoms with Gasteiger partial charge in [0.25, 0.3) is 0 Å². The predicted octanol–water partition coefficient (Wildman–Crippen LogP) is 4.69. The number of halogens is 2. The highest BCUT2D eigenvalue weighted by atomic mass is 35.5. The van der Waals surface area contributed by atoms with Gasteiger partial charge >= 0.3 is 0 Å². The molecule has 3 aromatic rings. The Hall–Kier alpha value is -2.33. The third-order valence-corrected chi connectivity index (χ3v) is 3.78. The first kappa shape index (κ1) is 13.6. The molecule has 2 aromatic carbocycles. The van der Waals surface area contributed by atoms with E-state index in [0.29, 0.717) is 16.3 Å². The standard InChI is InChI=1S/C16H12ClFN2O/c1-9-12(3-2-4-13(9)17)15-14(16(19)21-20-15)10-5-7-11(18)8-6-10/h2-8H,19H2,1H3. The second kappa shape index (κ2) is 5.22. The van der Waals surface area contributed by atoms with Gasteiger partial charge in [-0.25, -0.2) is 4.39 Å². The zero-order valence-corrected chi connectivity index (χ0v) is 12.0. The lowest BCUT2D eigenvalue weighted by atomic mass is 9.98. The summed E-state index contributed by atoms with van der Waals surface area (Å²) in [7, 11) is 0. The first-order valence-electron chi connectivity index (χ1n) is 6.34. The molecule has 0 aliphatic carbocycles. The molecule has 0 saturated carbocycles. The number of rotatable bonds is 2. The lowest BCUT2D eigenvalue weighted by Crippen LogP contribution is -1.90. The van der Waals surface area contributed by atoms with Gasteiger partial charge in [0.1, 0.15) is 11.5 Å². The lowest BCUT2D eigenvalue weighted by molar-refractivity contribution is 0.439. The third-order valence-electron chi connectivity index (χ3n) is 3.37. The van der Waals surface area contributed by atoms with Crippen molar-refractivity contribution in [1.29, 1.82) is 0 Å². The van der Waals surface area contributed by atoms with Gasteiger partial charge in [-0.05, 0) is 36.2 Å². The number of nitrogen functional groups attached to an aromatic ring is 1. The van der Waals surface area contributed by atoms with Crippen LogP contribution in [0.4, 0.5) is 10.3 Å². The van der Waals surface area contributed by atoms with Crippen molar-refractivity contribution in [2.24, 2.45) is 0 Å². The van der Waals surface area contributed by atoms with E-state index in [1.807, 2.05) is 19.1 Å². The van der Waals surface area contributed by atoms with Crippen LogP contribution in [0.2, 0.25) is 5.02 Å². The molecule has 0 saturated heterocycles. The van der Waals surface area contributed by atoms with Crippen molar-refractivity contribution in [2.75, 3.05) is 5.73 Å². The zero-order chi connectivity index (χ0) is 15.0. The average Bonchev–Trinajstić information content (AvgIpc) is 2.85. The zero-order valence-electron chi connectivity index (χ0n) is 11.2. The minimum atomic E-state index is -0.311. The van der Waals surface area contributed by atoms with Crippen LogP contribution in [0, 0.1) is 12.7 Å². The van der Waals surface area contributed by atoms with Gasteiger partial charge < -0.3 is 10.3 Å². The number of nitrogens with zero attached hydrogens (tertiary/aromatic N) is 1. The molecule has 0 amide bonds. The Labute approximate surface area is 126 Å². The van der Waals surface area contributed by atoms with E-state index in [1.54, 1.807) is 18.2 Å². The average molecular weight is 303 g/mol. The van der Waals surface area contributed by atoms with Gasteiger partial charge in [-0.1, -0.05) is 41.0 Å². The Morgan fingerprint density at radius 1 is 1.14 bits per heavy atom. The smallest absolute Gasteiger partial charge is 0.230 e. The number of anilines is 1. The van der Waals surface area contributed by atoms with Crippen LogP contribution in [0.1, 0.15) is 5.56 Å². The van der Waals surface area contributed by atoms with E-state index in [2.05, 4.69) is 5.16 Å². The Morgan fingerprint density at radius 3 is 2.57 bits per heavy atom. The van der Waals surface area contributed by atoms with Gasteiger partial charge in [0.05, 0.1) is 5.56 Å². The molecule has 1 heterocycles. The van der Waals surface area contributed by atoms with Gasteiger partial charge in [-0.15, -0.1) is 0 Å². The largest absolute Gasteiger partial charge is 0.367 e. The van der Waals surface area contributed by atoms with Crippen molar-refractivity contribution >= 4 is 17.5 Å². The summed E-state index contributed by atoms with van der Waals surface area (Å²) >= 11 is 6.15. The molecule has 3 nitrogen and oxygen atoms in total. The highest BCUT2D eigenvalue weighted by Crippen LogP contribution is 2.38. The van der Waals surface area contributed by atoms with Crippen LogP contribution in [0.5, 0.6) is 0 Å². The van der Waals surface area contributed by atoms with E-state index in [1.165, 1.54) is 12.1 Å². The molecule has 0 aliphatic heterocycles. The first-order valence-corrected chi connectivity index (χ1v) is 6.72. The molecule has 0 atom stereocenters. The summed E-state index contributed by atoms with van der Waals surface area (Å²) in [5.41, 5.74) is 9.58. The highest BCUT2D eigenvalue weighted by Gasteiger charge is 2.19. The quantitative estimate of drug-likeness (QED) is 0.747. The summed E-state index contributed by atoms with van der Waals surface area (Å²) in [6.45, 7) is 1.90. The molecule has 1 aromatic heterocycles. The van der Waals surface area contributed by atoms with Crippen LogP contribution in [-0.2, 0) is 0 Å². The molecular formula is C16H12ClFN2O. The highest BCUT2D eigenvalue weighted by molar-refractivity contribution is 6.31. The fourth-order valence-corrected chi connectivity index (χ4v) is 2.42. The van der Waals surface area contributed by atoms with Crippen LogP contribution in [-0.4, -0.2) is 5.16 Å². The minimum absolute atomic E-state index is 0.191. The molecule has 3 rings (SSSR count). The third kappa shape index (κ3) is 2.38. The SMILES string of the molecule is Cc1c(Cl)cccc1-c1noc(N)c1-c1ccc(F)cc1. The maximum Gasteiger partial charge on any atom is 0.230 e. The van der Waals surface area contributed by atoms with E-state index < -0.39 is 0 Å². The second-order valence-corrected chi connectivity index (χ2v) is 5.10. The van der Waals surface area contributed by atoms with Crippen LogP contribution in [0.15, 0.2) is 47.0 Å². The maximum absolute atomic E-state index is 13.1. The Balaban J connectivity index is 2.22. The summed E-state index contributed by atoms with van der Waals surface area (Å²) in [4.78, 5) is 0. The molecule has 5 heteroatoms. The van der Waals surface area contributed by atoms with Gasteiger partial charge in [-0.2, -0.15) is 0 Å². The van der Waals surface area contributed by atoms with Crippen LogP contribution in [0.25, 0.3) is 22.4 Å². The molecule has 106 valence electrons. The van der Waals surface area contributed by atoms with Gasteiger partial charge in [-0.3, -0.25) is 0 Å². The molecule has 0 aliphatic rings. The Kier molecular flexibility index (Phi) is 3.39. The van der Waals surface area contributed by atoms with E-state index >= 15 is 0 Å². The van der Waals surface area contributed by atoms with E-state index in [-0.39, 0.29) is 11.7 Å². The van der Waals surface area contributed by atoms with E-state index in [4.69, 9.17) is 21.9 Å². The van der Waals surface area contributed by atoms with Crippen LogP contribution < -0.4 is 5.73 Å². The number of aromatic nitrogens is 1. The van der Waals surface area contributed by atoms with Crippen LogP contribution in [0.3, 0.4) is 0 Å². The number of hydrogen-bond acceptors (Lipinski definition) is 3. The second-order valence-electron chi connectivity index (χ2n) is 4.69. The summed E-state index contributed by atoms with van der Waals surface area (Å²) < 4.78 is 18.2. The molecule has 2 N–H and O–H groups in total. The molecular weight excluding hydrogens is 291 g/mol.